The summed E-state index contributed by atoms with van der Waals surface area (Å²) < 4.78 is 16.7. The van der Waals surface area contributed by atoms with Gasteiger partial charge in [0.2, 0.25) is 0 Å². The van der Waals surface area contributed by atoms with E-state index in [9.17, 15) is 14.4 Å². The number of hydrogen-bond donors (Lipinski definition) is 0. The molecule has 0 saturated heterocycles. The van der Waals surface area contributed by atoms with E-state index in [1.54, 1.807) is 0 Å². The Balaban J connectivity index is 4.10. The van der Waals surface area contributed by atoms with Crippen molar-refractivity contribution >= 4 is 17.9 Å². The molecule has 1 unspecified atom stereocenters. The zero-order chi connectivity index (χ0) is 51.4. The van der Waals surface area contributed by atoms with Crippen LogP contribution in [0.3, 0.4) is 0 Å². The van der Waals surface area contributed by atoms with E-state index in [4.69, 9.17) is 14.2 Å². The van der Waals surface area contributed by atoms with Crippen LogP contribution in [-0.2, 0) is 28.6 Å². The Hall–Kier alpha value is -4.19. The highest BCUT2D eigenvalue weighted by atomic mass is 16.6. The third-order valence-corrected chi connectivity index (χ3v) is 12.0. The quantitative estimate of drug-likeness (QED) is 0.0261. The molecule has 402 valence electrons. The van der Waals surface area contributed by atoms with Gasteiger partial charge in [0.1, 0.15) is 13.2 Å². The molecule has 6 nitrogen and oxygen atoms in total. The van der Waals surface area contributed by atoms with E-state index in [0.717, 1.165) is 135 Å². The van der Waals surface area contributed by atoms with Crippen molar-refractivity contribution in [3.8, 4) is 0 Å². The van der Waals surface area contributed by atoms with Crippen LogP contribution in [0.15, 0.2) is 122 Å². The lowest BCUT2D eigenvalue weighted by molar-refractivity contribution is -0.167. The Morgan fingerprint density at radius 2 is 0.563 bits per heavy atom. The first-order valence-electron chi connectivity index (χ1n) is 29.0. The van der Waals surface area contributed by atoms with E-state index < -0.39 is 6.10 Å². The van der Waals surface area contributed by atoms with Gasteiger partial charge in [-0.2, -0.15) is 0 Å². The van der Waals surface area contributed by atoms with Crippen LogP contribution in [0.2, 0.25) is 0 Å². The monoisotopic (exact) mass is 983 g/mol. The summed E-state index contributed by atoms with van der Waals surface area (Å²) in [7, 11) is 0. The van der Waals surface area contributed by atoms with Crippen LogP contribution in [0.5, 0.6) is 0 Å². The normalized spacial score (nSPS) is 13.0. The topological polar surface area (TPSA) is 78.9 Å². The van der Waals surface area contributed by atoms with Gasteiger partial charge in [-0.15, -0.1) is 0 Å². The molecule has 1 atom stereocenters. The summed E-state index contributed by atoms with van der Waals surface area (Å²) in [4.78, 5) is 37.8. The smallest absolute Gasteiger partial charge is 0.306 e. The summed E-state index contributed by atoms with van der Waals surface area (Å²) >= 11 is 0. The minimum absolute atomic E-state index is 0.0852. The van der Waals surface area contributed by atoms with E-state index in [0.29, 0.717) is 19.3 Å². The molecule has 6 heteroatoms. The van der Waals surface area contributed by atoms with Crippen LogP contribution in [0.25, 0.3) is 0 Å². The number of rotatable bonds is 51. The number of ether oxygens (including phenoxy) is 3. The lowest BCUT2D eigenvalue weighted by Crippen LogP contribution is -2.30. The highest BCUT2D eigenvalue weighted by Crippen LogP contribution is 2.14. The second-order valence-electron chi connectivity index (χ2n) is 18.8. The maximum Gasteiger partial charge on any atom is 0.306 e. The van der Waals surface area contributed by atoms with Gasteiger partial charge in [0.25, 0.3) is 0 Å². The average molecular weight is 984 g/mol. The molecule has 0 fully saturated rings. The lowest BCUT2D eigenvalue weighted by Gasteiger charge is -2.18. The van der Waals surface area contributed by atoms with E-state index in [2.05, 4.69) is 142 Å². The molecule has 0 amide bonds. The Labute approximate surface area is 437 Å². The van der Waals surface area contributed by atoms with Gasteiger partial charge >= 0.3 is 17.9 Å². The van der Waals surface area contributed by atoms with Gasteiger partial charge in [0, 0.05) is 19.3 Å². The molecule has 0 N–H and O–H groups in total. The molecule has 0 bridgehead atoms. The van der Waals surface area contributed by atoms with Gasteiger partial charge in [-0.3, -0.25) is 14.4 Å². The summed E-state index contributed by atoms with van der Waals surface area (Å²) in [6.45, 7) is 6.41. The number of hydrogen-bond acceptors (Lipinski definition) is 6. The number of carbonyl (C=O) groups is 3. The van der Waals surface area contributed by atoms with Crippen molar-refractivity contribution in [3.63, 3.8) is 0 Å². The van der Waals surface area contributed by atoms with E-state index in [1.807, 2.05) is 0 Å². The summed E-state index contributed by atoms with van der Waals surface area (Å²) in [6.07, 6.45) is 80.8. The average Bonchev–Trinajstić information content (AvgIpc) is 3.37. The Kier molecular flexibility index (Phi) is 54.9. The van der Waals surface area contributed by atoms with Crippen molar-refractivity contribution in [2.75, 3.05) is 13.2 Å². The predicted octanol–water partition coefficient (Wildman–Crippen LogP) is 19.6. The van der Waals surface area contributed by atoms with Crippen LogP contribution in [0.4, 0.5) is 0 Å². The second-order valence-corrected chi connectivity index (χ2v) is 18.8. The van der Waals surface area contributed by atoms with Gasteiger partial charge in [-0.1, -0.05) is 245 Å². The fraction of sp³-hybridized carbons (Fsp3) is 0.646. The molecule has 0 aromatic rings. The van der Waals surface area contributed by atoms with Crippen molar-refractivity contribution in [2.45, 2.75) is 258 Å². The molecule has 0 aromatic carbocycles. The largest absolute Gasteiger partial charge is 0.462 e. The molecule has 0 aliphatic carbocycles. The minimum atomic E-state index is -0.784. The molecule has 0 saturated carbocycles. The fourth-order valence-electron chi connectivity index (χ4n) is 7.59. The van der Waals surface area contributed by atoms with Crippen LogP contribution < -0.4 is 0 Å². The molecular weight excluding hydrogens is 877 g/mol. The third-order valence-electron chi connectivity index (χ3n) is 12.0. The SMILES string of the molecule is CC/C=C\C/C=C\C/C=C\C/C=C\C/C=C\C/C=C\C/C=C\C/C=C\C/C=C\CCCCCCCCCC(=O)OCC(COC(=O)CCCCCCCCC)OC(=O)CCCCCCC/C=C\CCCC. The third kappa shape index (κ3) is 56.6. The maximum atomic E-state index is 12.7. The highest BCUT2D eigenvalue weighted by molar-refractivity contribution is 5.71. The van der Waals surface area contributed by atoms with Crippen LogP contribution in [0, 0.1) is 0 Å². The lowest BCUT2D eigenvalue weighted by atomic mass is 10.1. The predicted molar refractivity (Wildman–Crippen MR) is 306 cm³/mol. The Morgan fingerprint density at radius 1 is 0.296 bits per heavy atom. The van der Waals surface area contributed by atoms with Gasteiger partial charge in [-0.05, 0) is 109 Å². The summed E-state index contributed by atoms with van der Waals surface area (Å²) in [5, 5.41) is 0. The molecule has 0 heterocycles. The van der Waals surface area contributed by atoms with Gasteiger partial charge in [0.05, 0.1) is 0 Å². The van der Waals surface area contributed by atoms with Crippen molar-refractivity contribution < 1.29 is 28.6 Å². The van der Waals surface area contributed by atoms with E-state index in [-0.39, 0.29) is 31.1 Å². The van der Waals surface area contributed by atoms with Crippen molar-refractivity contribution in [1.82, 2.24) is 0 Å². The van der Waals surface area contributed by atoms with Crippen LogP contribution >= 0.6 is 0 Å². The summed E-state index contributed by atoms with van der Waals surface area (Å²) in [6, 6.07) is 0. The molecule has 0 aliphatic heterocycles. The maximum absolute atomic E-state index is 12.7. The van der Waals surface area contributed by atoms with Gasteiger partial charge < -0.3 is 14.2 Å². The first-order chi connectivity index (χ1) is 35.0. The Bertz CT molecular complexity index is 1500. The van der Waals surface area contributed by atoms with E-state index in [1.165, 1.54) is 77.0 Å². The fourth-order valence-corrected chi connectivity index (χ4v) is 7.59. The molecular formula is C65H106O6. The van der Waals surface area contributed by atoms with Crippen molar-refractivity contribution in [3.05, 3.63) is 122 Å². The zero-order valence-electron chi connectivity index (χ0n) is 45.9. The molecule has 0 spiro atoms. The van der Waals surface area contributed by atoms with Crippen molar-refractivity contribution in [1.29, 1.82) is 0 Å². The summed E-state index contributed by atoms with van der Waals surface area (Å²) in [5.74, 6) is -0.918. The van der Waals surface area contributed by atoms with Crippen LogP contribution in [-0.4, -0.2) is 37.2 Å². The molecule has 0 aromatic heterocycles. The minimum Gasteiger partial charge on any atom is -0.462 e. The Morgan fingerprint density at radius 3 is 0.915 bits per heavy atom. The number of carbonyl (C=O) groups excluding carboxylic acids is 3. The molecule has 0 rings (SSSR count). The molecule has 0 aliphatic rings. The van der Waals surface area contributed by atoms with Crippen molar-refractivity contribution in [2.24, 2.45) is 0 Å². The number of allylic oxidation sites excluding steroid dienone is 20. The summed E-state index contributed by atoms with van der Waals surface area (Å²) in [5.41, 5.74) is 0. The first-order valence-corrected chi connectivity index (χ1v) is 29.0. The van der Waals surface area contributed by atoms with Gasteiger partial charge in [0.15, 0.2) is 6.10 Å². The van der Waals surface area contributed by atoms with Gasteiger partial charge in [-0.25, -0.2) is 0 Å². The standard InChI is InChI=1S/C65H106O6/c1-4-7-10-13-16-18-20-21-22-23-24-25-26-27-28-29-30-31-32-33-34-35-36-37-38-39-40-41-42-43-45-46-49-52-55-58-64(67)70-61-62(60-69-63(66)57-54-51-48-15-12-9-6-3)71-65(68)59-56-53-50-47-44-19-17-14-11-8-5-2/h7,10,14,16-18,21-22,24-25,27-28,30-31,33-34,36-37,39-40,62H,4-6,8-9,11-13,15,19-20,23,26,29,32,35,38,41-61H2,1-3H3/b10-7-,17-14-,18-16-,22-21-,25-24-,28-27-,31-30-,34-33-,37-36-,40-39-. The van der Waals surface area contributed by atoms with E-state index >= 15 is 0 Å². The number of esters is 3. The molecule has 71 heavy (non-hydrogen) atoms. The zero-order valence-corrected chi connectivity index (χ0v) is 45.9. The first kappa shape index (κ1) is 66.8. The molecule has 0 radical (unpaired) electrons. The highest BCUT2D eigenvalue weighted by Gasteiger charge is 2.19. The number of unbranched alkanes of at least 4 members (excludes halogenated alkanes) is 20. The van der Waals surface area contributed by atoms with Crippen LogP contribution in [0.1, 0.15) is 252 Å². The second kappa shape index (κ2) is 58.4.